The normalized spacial score (nSPS) is 23.2. The van der Waals surface area contributed by atoms with E-state index in [1.54, 1.807) is 16.8 Å². The minimum Gasteiger partial charge on any atom is -0.372 e. The number of ether oxygens (including phenoxy) is 1. The average Bonchev–Trinajstić information content (AvgIpc) is 3.24. The number of morpholine rings is 1. The summed E-state index contributed by atoms with van der Waals surface area (Å²) in [5.41, 5.74) is 3.16. The van der Waals surface area contributed by atoms with Crippen molar-refractivity contribution in [3.63, 3.8) is 0 Å². The van der Waals surface area contributed by atoms with Crippen molar-refractivity contribution in [2.24, 2.45) is 5.92 Å². The maximum Gasteiger partial charge on any atom is 0.264 e. The Morgan fingerprint density at radius 3 is 2.73 bits per heavy atom. The van der Waals surface area contributed by atoms with Crippen molar-refractivity contribution in [2.45, 2.75) is 45.3 Å². The first kappa shape index (κ1) is 23.8. The topological polar surface area (TPSA) is 118 Å². The number of nitrogens with one attached hydrogen (secondary N) is 2. The maximum absolute atomic E-state index is 13.2. The summed E-state index contributed by atoms with van der Waals surface area (Å²) in [6, 6.07) is 3.83. The predicted molar refractivity (Wildman–Crippen MR) is 139 cm³/mol. The van der Waals surface area contributed by atoms with Crippen LogP contribution < -0.4 is 10.6 Å². The summed E-state index contributed by atoms with van der Waals surface area (Å²) in [6.45, 7) is 5.94. The smallest absolute Gasteiger partial charge is 0.264 e. The number of imide groups is 1. The number of carbonyl (C=O) groups excluding carboxylic acids is 3. The van der Waals surface area contributed by atoms with Gasteiger partial charge in [-0.1, -0.05) is 0 Å². The largest absolute Gasteiger partial charge is 0.372 e. The van der Waals surface area contributed by atoms with Crippen LogP contribution in [0.2, 0.25) is 0 Å². The van der Waals surface area contributed by atoms with Crippen LogP contribution in [0, 0.1) is 5.92 Å². The molecule has 2 N–H and O–H groups in total. The molecule has 2 atom stereocenters. The van der Waals surface area contributed by atoms with Crippen molar-refractivity contribution in [2.75, 3.05) is 25.0 Å². The SMILES string of the molecule is CC1CN(C(=O)c2cc(-c3cc(NCC4CC4)n4ncc(C=C5CC(=O)NC5=O)c4n3)cs2)CC(C)O1. The molecule has 11 heteroatoms. The maximum atomic E-state index is 13.2. The van der Waals surface area contributed by atoms with Crippen molar-refractivity contribution in [3.8, 4) is 11.3 Å². The summed E-state index contributed by atoms with van der Waals surface area (Å²) in [7, 11) is 0. The minimum absolute atomic E-state index is 0.00176. The van der Waals surface area contributed by atoms with Crippen LogP contribution >= 0.6 is 11.3 Å². The lowest BCUT2D eigenvalue weighted by Gasteiger charge is -2.35. The van der Waals surface area contributed by atoms with Gasteiger partial charge in [0.2, 0.25) is 5.91 Å². The highest BCUT2D eigenvalue weighted by Crippen LogP contribution is 2.32. The molecule has 6 rings (SSSR count). The molecule has 1 saturated carbocycles. The zero-order chi connectivity index (χ0) is 25.7. The molecule has 2 saturated heterocycles. The minimum atomic E-state index is -0.389. The molecule has 0 bridgehead atoms. The van der Waals surface area contributed by atoms with Gasteiger partial charge < -0.3 is 15.0 Å². The van der Waals surface area contributed by atoms with Gasteiger partial charge in [-0.3, -0.25) is 19.7 Å². The fraction of sp³-hybridized carbons (Fsp3) is 0.423. The van der Waals surface area contributed by atoms with Gasteiger partial charge in [-0.05, 0) is 44.7 Å². The van der Waals surface area contributed by atoms with Gasteiger partial charge >= 0.3 is 0 Å². The second-order valence-corrected chi connectivity index (χ2v) is 11.0. The molecule has 37 heavy (non-hydrogen) atoms. The van der Waals surface area contributed by atoms with Crippen molar-refractivity contribution in [1.29, 1.82) is 0 Å². The highest BCUT2D eigenvalue weighted by molar-refractivity contribution is 7.12. The summed E-state index contributed by atoms with van der Waals surface area (Å²) in [5, 5.41) is 12.3. The quantitative estimate of drug-likeness (QED) is 0.379. The molecule has 3 amide bonds. The van der Waals surface area contributed by atoms with E-state index in [2.05, 4.69) is 15.7 Å². The van der Waals surface area contributed by atoms with Crippen LogP contribution in [0.3, 0.4) is 0 Å². The number of rotatable bonds is 6. The molecule has 10 nitrogen and oxygen atoms in total. The number of hydrogen-bond acceptors (Lipinski definition) is 8. The first-order valence-electron chi connectivity index (χ1n) is 12.5. The van der Waals surface area contributed by atoms with E-state index in [4.69, 9.17) is 9.72 Å². The number of anilines is 1. The molecule has 3 aromatic rings. The summed E-state index contributed by atoms with van der Waals surface area (Å²) >= 11 is 1.40. The van der Waals surface area contributed by atoms with Crippen LogP contribution in [0.15, 0.2) is 29.3 Å². The summed E-state index contributed by atoms with van der Waals surface area (Å²) in [5.74, 6) is 0.741. The number of amides is 3. The molecular formula is C26H28N6O4S. The van der Waals surface area contributed by atoms with Crippen molar-refractivity contribution < 1.29 is 19.1 Å². The standard InChI is InChI=1S/C26H28N6O4S/c1-14-11-31(12-15(2)36-14)26(35)21-6-19(13-37-21)20-8-22(27-9-16-3-4-16)32-24(29-20)18(10-28-32)5-17-7-23(33)30-25(17)34/h5-6,8,10,13-16,27H,3-4,7,9,11-12H2,1-2H3,(H,30,33,34). The lowest BCUT2D eigenvalue weighted by atomic mass is 10.1. The number of nitrogens with zero attached hydrogens (tertiary/aromatic N) is 4. The molecule has 1 aliphatic carbocycles. The van der Waals surface area contributed by atoms with Crippen LogP contribution in [0.25, 0.3) is 23.0 Å². The highest BCUT2D eigenvalue weighted by Gasteiger charge is 2.28. The first-order valence-corrected chi connectivity index (χ1v) is 13.4. The molecule has 2 unspecified atom stereocenters. The summed E-state index contributed by atoms with van der Waals surface area (Å²) in [6.07, 6.45) is 5.79. The van der Waals surface area contributed by atoms with Crippen LogP contribution in [-0.4, -0.2) is 69.1 Å². The first-order chi connectivity index (χ1) is 17.8. The predicted octanol–water partition coefficient (Wildman–Crippen LogP) is 2.96. The molecule has 0 radical (unpaired) electrons. The second-order valence-electron chi connectivity index (χ2n) is 10.1. The van der Waals surface area contributed by atoms with Crippen LogP contribution in [-0.2, 0) is 14.3 Å². The van der Waals surface area contributed by atoms with Gasteiger partial charge in [0.05, 0.1) is 35.4 Å². The van der Waals surface area contributed by atoms with Crippen molar-refractivity contribution >= 4 is 46.6 Å². The number of hydrogen-bond donors (Lipinski definition) is 2. The van der Waals surface area contributed by atoms with E-state index < -0.39 is 0 Å². The Kier molecular flexibility index (Phi) is 6.04. The van der Waals surface area contributed by atoms with E-state index >= 15 is 0 Å². The van der Waals surface area contributed by atoms with Crippen molar-refractivity contribution in [1.82, 2.24) is 24.8 Å². The Bertz CT molecular complexity index is 1430. The van der Waals surface area contributed by atoms with Crippen LogP contribution in [0.5, 0.6) is 0 Å². The van der Waals surface area contributed by atoms with E-state index in [1.807, 2.05) is 36.3 Å². The lowest BCUT2D eigenvalue weighted by Crippen LogP contribution is -2.48. The van der Waals surface area contributed by atoms with E-state index in [1.165, 1.54) is 24.2 Å². The third-order valence-corrected chi connectivity index (χ3v) is 7.72. The van der Waals surface area contributed by atoms with Gasteiger partial charge in [0.1, 0.15) is 5.82 Å². The molecule has 3 aromatic heterocycles. The van der Waals surface area contributed by atoms with Gasteiger partial charge in [-0.15, -0.1) is 11.3 Å². The van der Waals surface area contributed by atoms with E-state index in [-0.39, 0.29) is 36.4 Å². The fourth-order valence-electron chi connectivity index (χ4n) is 4.82. The average molecular weight is 521 g/mol. The zero-order valence-electron chi connectivity index (χ0n) is 20.7. The van der Waals surface area contributed by atoms with Crippen LogP contribution in [0.1, 0.15) is 48.3 Å². The van der Waals surface area contributed by atoms with Crippen molar-refractivity contribution in [3.05, 3.63) is 39.7 Å². The molecule has 0 spiro atoms. The van der Waals surface area contributed by atoms with Gasteiger partial charge in [0.15, 0.2) is 5.65 Å². The summed E-state index contributed by atoms with van der Waals surface area (Å²) < 4.78 is 7.50. The van der Waals surface area contributed by atoms with Gasteiger partial charge in [0, 0.05) is 47.8 Å². The summed E-state index contributed by atoms with van der Waals surface area (Å²) in [4.78, 5) is 44.4. The Balaban J connectivity index is 1.35. The van der Waals surface area contributed by atoms with Gasteiger partial charge in [0.25, 0.3) is 11.8 Å². The monoisotopic (exact) mass is 520 g/mol. The molecule has 2 aliphatic heterocycles. The molecule has 5 heterocycles. The highest BCUT2D eigenvalue weighted by atomic mass is 32.1. The Morgan fingerprint density at radius 2 is 2.03 bits per heavy atom. The molecular weight excluding hydrogens is 492 g/mol. The Hall–Kier alpha value is -3.57. The Morgan fingerprint density at radius 1 is 1.24 bits per heavy atom. The second kappa shape index (κ2) is 9.38. The van der Waals surface area contributed by atoms with Gasteiger partial charge in [-0.25, -0.2) is 4.98 Å². The fourth-order valence-corrected chi connectivity index (χ4v) is 5.68. The zero-order valence-corrected chi connectivity index (χ0v) is 21.5. The third kappa shape index (κ3) is 4.88. The molecule has 3 aliphatic rings. The van der Waals surface area contributed by atoms with Crippen LogP contribution in [0.4, 0.5) is 5.82 Å². The van der Waals surface area contributed by atoms with E-state index in [9.17, 15) is 14.4 Å². The number of thiophene rings is 1. The molecule has 3 fully saturated rings. The molecule has 0 aromatic carbocycles. The number of carbonyl (C=O) groups is 3. The molecule has 192 valence electrons. The lowest BCUT2D eigenvalue weighted by molar-refractivity contribution is -0.124. The van der Waals surface area contributed by atoms with Gasteiger partial charge in [-0.2, -0.15) is 9.61 Å². The number of aromatic nitrogens is 3. The van der Waals surface area contributed by atoms with E-state index in [0.717, 1.165) is 17.9 Å². The Labute approximate surface area is 217 Å². The third-order valence-electron chi connectivity index (χ3n) is 6.81. The van der Waals surface area contributed by atoms with E-state index in [0.29, 0.717) is 46.4 Å². The number of fused-ring (bicyclic) bond motifs is 1.